The molecule has 0 unspecified atom stereocenters. The number of rotatable bonds is 3. The Hall–Kier alpha value is -0.800. The van der Waals surface area contributed by atoms with Gasteiger partial charge in [-0.1, -0.05) is 18.5 Å². The Labute approximate surface area is 116 Å². The van der Waals surface area contributed by atoms with Crippen LogP contribution in [0.1, 0.15) is 33.0 Å². The van der Waals surface area contributed by atoms with Gasteiger partial charge in [-0.3, -0.25) is 0 Å². The fourth-order valence-electron chi connectivity index (χ4n) is 2.05. The highest BCUT2D eigenvalue weighted by molar-refractivity contribution is 6.31. The van der Waals surface area contributed by atoms with Crippen LogP contribution < -0.4 is 0 Å². The maximum absolute atomic E-state index is 13.5. The quantitative estimate of drug-likeness (QED) is 0.748. The van der Waals surface area contributed by atoms with Crippen LogP contribution in [0.15, 0.2) is 12.1 Å². The van der Waals surface area contributed by atoms with Gasteiger partial charge in [-0.2, -0.15) is 0 Å². The van der Waals surface area contributed by atoms with Crippen LogP contribution in [0.25, 0.3) is 11.0 Å². The van der Waals surface area contributed by atoms with Crippen molar-refractivity contribution in [1.82, 2.24) is 9.55 Å². The zero-order valence-corrected chi connectivity index (χ0v) is 12.1. The van der Waals surface area contributed by atoms with Crippen molar-refractivity contribution in [2.75, 3.05) is 0 Å². The fraction of sp³-hybridized carbons (Fsp3) is 0.462. The van der Waals surface area contributed by atoms with Crippen LogP contribution in [-0.4, -0.2) is 9.55 Å². The molecule has 2 rings (SSSR count). The number of halogens is 3. The Kier molecular flexibility index (Phi) is 3.56. The van der Waals surface area contributed by atoms with Gasteiger partial charge in [0.2, 0.25) is 0 Å². The molecule has 2 nitrogen and oxygen atoms in total. The highest BCUT2D eigenvalue weighted by atomic mass is 35.5. The Balaban J connectivity index is 2.81. The van der Waals surface area contributed by atoms with Gasteiger partial charge >= 0.3 is 0 Å². The molecule has 98 valence electrons. The minimum absolute atomic E-state index is 0.108. The molecule has 1 aromatic heterocycles. The maximum atomic E-state index is 13.5. The van der Waals surface area contributed by atoms with Crippen molar-refractivity contribution in [2.45, 2.75) is 38.6 Å². The van der Waals surface area contributed by atoms with Gasteiger partial charge in [-0.25, -0.2) is 9.37 Å². The van der Waals surface area contributed by atoms with Crippen LogP contribution in [0.2, 0.25) is 5.02 Å². The van der Waals surface area contributed by atoms with E-state index in [0.29, 0.717) is 5.52 Å². The summed E-state index contributed by atoms with van der Waals surface area (Å²) in [6.45, 7) is 6.29. The highest BCUT2D eigenvalue weighted by Crippen LogP contribution is 2.31. The van der Waals surface area contributed by atoms with Crippen molar-refractivity contribution in [3.8, 4) is 0 Å². The first-order valence-corrected chi connectivity index (χ1v) is 6.74. The van der Waals surface area contributed by atoms with Gasteiger partial charge in [0, 0.05) is 11.6 Å². The maximum Gasteiger partial charge on any atom is 0.144 e. The largest absolute Gasteiger partial charge is 0.321 e. The average Bonchev–Trinajstić information content (AvgIpc) is 2.68. The fourth-order valence-corrected chi connectivity index (χ4v) is 2.38. The molecular weight excluding hydrogens is 274 g/mol. The van der Waals surface area contributed by atoms with Gasteiger partial charge < -0.3 is 4.57 Å². The summed E-state index contributed by atoms with van der Waals surface area (Å²) in [6, 6.07) is 2.97. The van der Waals surface area contributed by atoms with Gasteiger partial charge in [0.05, 0.1) is 21.9 Å². The normalized spacial score (nSPS) is 12.3. The summed E-state index contributed by atoms with van der Waals surface area (Å²) >= 11 is 11.8. The summed E-state index contributed by atoms with van der Waals surface area (Å²) in [5.74, 6) is 0.571. The number of alkyl halides is 1. The molecule has 0 saturated carbocycles. The number of nitrogens with zero attached hydrogens (tertiary/aromatic N) is 2. The lowest BCUT2D eigenvalue weighted by molar-refractivity contribution is 0.344. The topological polar surface area (TPSA) is 17.8 Å². The molecule has 0 bridgehead atoms. The Morgan fingerprint density at radius 2 is 2.06 bits per heavy atom. The van der Waals surface area contributed by atoms with E-state index in [1.54, 1.807) is 6.07 Å². The number of imidazole rings is 1. The molecule has 0 aliphatic rings. The van der Waals surface area contributed by atoms with E-state index in [9.17, 15) is 4.39 Å². The minimum atomic E-state index is -0.454. The van der Waals surface area contributed by atoms with E-state index in [1.807, 2.05) is 4.57 Å². The van der Waals surface area contributed by atoms with Crippen molar-refractivity contribution in [3.05, 3.63) is 28.8 Å². The lowest BCUT2D eigenvalue weighted by Gasteiger charge is -2.27. The van der Waals surface area contributed by atoms with Crippen LogP contribution >= 0.6 is 23.2 Å². The van der Waals surface area contributed by atoms with E-state index >= 15 is 0 Å². The first-order chi connectivity index (χ1) is 8.40. The van der Waals surface area contributed by atoms with E-state index in [2.05, 4.69) is 25.8 Å². The predicted molar refractivity (Wildman–Crippen MR) is 73.9 cm³/mol. The first kappa shape index (κ1) is 13.6. The molecule has 0 radical (unpaired) electrons. The number of aromatic nitrogens is 2. The lowest BCUT2D eigenvalue weighted by Crippen LogP contribution is -2.26. The number of hydrogen-bond acceptors (Lipinski definition) is 1. The van der Waals surface area contributed by atoms with Crippen LogP contribution in [0.3, 0.4) is 0 Å². The Morgan fingerprint density at radius 1 is 1.39 bits per heavy atom. The SMILES string of the molecule is CCC(C)(C)n1c(CCl)nc2cc(F)c(Cl)cc21. The van der Waals surface area contributed by atoms with E-state index in [4.69, 9.17) is 23.2 Å². The van der Waals surface area contributed by atoms with Crippen LogP contribution in [0.4, 0.5) is 4.39 Å². The summed E-state index contributed by atoms with van der Waals surface area (Å²) in [6.07, 6.45) is 0.914. The molecule has 5 heteroatoms. The molecule has 1 aromatic carbocycles. The highest BCUT2D eigenvalue weighted by Gasteiger charge is 2.24. The lowest BCUT2D eigenvalue weighted by atomic mass is 10.0. The second kappa shape index (κ2) is 4.71. The molecule has 0 fully saturated rings. The molecule has 0 atom stereocenters. The molecular formula is C13H15Cl2FN2. The van der Waals surface area contributed by atoms with Gasteiger partial charge in [0.25, 0.3) is 0 Å². The standard InChI is InChI=1S/C13H15Cl2FN2/c1-4-13(2,3)18-11-5-8(15)9(16)6-10(11)17-12(18)7-14/h5-6H,4,7H2,1-3H3. The molecule has 2 aromatic rings. The van der Waals surface area contributed by atoms with Crippen LogP contribution in [0.5, 0.6) is 0 Å². The molecule has 0 aliphatic carbocycles. The summed E-state index contributed by atoms with van der Waals surface area (Å²) in [5, 5.41) is 0.108. The van der Waals surface area contributed by atoms with Crippen molar-refractivity contribution >= 4 is 34.2 Å². The second-order valence-electron chi connectivity index (χ2n) is 4.92. The van der Waals surface area contributed by atoms with Gasteiger partial charge in [-0.05, 0) is 26.3 Å². The monoisotopic (exact) mass is 288 g/mol. The number of fused-ring (bicyclic) bond motifs is 1. The molecule has 0 N–H and O–H groups in total. The molecule has 18 heavy (non-hydrogen) atoms. The van der Waals surface area contributed by atoms with Gasteiger partial charge in [0.1, 0.15) is 11.6 Å². The van der Waals surface area contributed by atoms with E-state index in [0.717, 1.165) is 17.8 Å². The molecule has 0 aliphatic heterocycles. The molecule has 0 saturated heterocycles. The zero-order chi connectivity index (χ0) is 13.5. The third kappa shape index (κ3) is 2.10. The third-order valence-electron chi connectivity index (χ3n) is 3.36. The first-order valence-electron chi connectivity index (χ1n) is 5.83. The zero-order valence-electron chi connectivity index (χ0n) is 10.6. The van der Waals surface area contributed by atoms with Crippen LogP contribution in [0, 0.1) is 5.82 Å². The van der Waals surface area contributed by atoms with Gasteiger partial charge in [-0.15, -0.1) is 11.6 Å². The summed E-state index contributed by atoms with van der Waals surface area (Å²) < 4.78 is 15.5. The minimum Gasteiger partial charge on any atom is -0.321 e. The van der Waals surface area contributed by atoms with Crippen LogP contribution in [-0.2, 0) is 11.4 Å². The summed E-state index contributed by atoms with van der Waals surface area (Å²) in [5.41, 5.74) is 1.28. The molecule has 1 heterocycles. The van der Waals surface area contributed by atoms with E-state index < -0.39 is 5.82 Å². The molecule has 0 amide bonds. The van der Waals surface area contributed by atoms with Crippen molar-refractivity contribution in [3.63, 3.8) is 0 Å². The molecule has 0 spiro atoms. The second-order valence-corrected chi connectivity index (χ2v) is 5.59. The predicted octanol–water partition coefficient (Wildman–Crippen LogP) is 4.71. The average molecular weight is 289 g/mol. The van der Waals surface area contributed by atoms with Crippen molar-refractivity contribution < 1.29 is 4.39 Å². The summed E-state index contributed by atoms with van der Waals surface area (Å²) in [7, 11) is 0. The third-order valence-corrected chi connectivity index (χ3v) is 3.88. The summed E-state index contributed by atoms with van der Waals surface area (Å²) in [4.78, 5) is 4.38. The Morgan fingerprint density at radius 3 is 2.61 bits per heavy atom. The van der Waals surface area contributed by atoms with Gasteiger partial charge in [0.15, 0.2) is 0 Å². The number of benzene rings is 1. The smallest absolute Gasteiger partial charge is 0.144 e. The Bertz CT molecular complexity index is 590. The van der Waals surface area contributed by atoms with Crippen molar-refractivity contribution in [1.29, 1.82) is 0 Å². The number of hydrogen-bond donors (Lipinski definition) is 0. The van der Waals surface area contributed by atoms with Crippen molar-refractivity contribution in [2.24, 2.45) is 0 Å². The van der Waals surface area contributed by atoms with E-state index in [1.165, 1.54) is 6.07 Å². The van der Waals surface area contributed by atoms with E-state index in [-0.39, 0.29) is 16.4 Å².